The van der Waals surface area contributed by atoms with Gasteiger partial charge in [0.15, 0.2) is 0 Å². The molecule has 2 heterocycles. The molecule has 0 saturated carbocycles. The first kappa shape index (κ1) is 19.6. The molecule has 0 aliphatic carbocycles. The van der Waals surface area contributed by atoms with Gasteiger partial charge in [0, 0.05) is 36.0 Å². The molecule has 7 nitrogen and oxygen atoms in total. The second-order valence-corrected chi connectivity index (χ2v) is 8.97. The summed E-state index contributed by atoms with van der Waals surface area (Å²) in [5.74, 6) is -1.43. The van der Waals surface area contributed by atoms with Crippen LogP contribution in [0.4, 0.5) is 13.6 Å². The summed E-state index contributed by atoms with van der Waals surface area (Å²) in [4.78, 5) is 17.0. The van der Waals surface area contributed by atoms with Gasteiger partial charge < -0.3 is 10.0 Å². The Morgan fingerprint density at radius 2 is 2.04 bits per heavy atom. The molecule has 2 N–H and O–H groups in total. The quantitative estimate of drug-likeness (QED) is 0.778. The van der Waals surface area contributed by atoms with E-state index >= 15 is 0 Å². The van der Waals surface area contributed by atoms with Crippen molar-refractivity contribution >= 4 is 27.5 Å². The van der Waals surface area contributed by atoms with Crippen LogP contribution in [0, 0.1) is 11.6 Å². The molecule has 1 aromatic carbocycles. The van der Waals surface area contributed by atoms with E-state index in [9.17, 15) is 27.1 Å². The monoisotopic (exact) mass is 417 g/mol. The lowest BCUT2D eigenvalue weighted by Crippen LogP contribution is -2.47. The van der Waals surface area contributed by atoms with E-state index in [1.807, 2.05) is 0 Å². The van der Waals surface area contributed by atoms with Crippen LogP contribution in [-0.4, -0.2) is 54.4 Å². The first-order valence-electron chi connectivity index (χ1n) is 8.00. The van der Waals surface area contributed by atoms with Gasteiger partial charge in [-0.25, -0.2) is 31.7 Å². The fourth-order valence-electron chi connectivity index (χ4n) is 3.18. The molecule has 146 valence electrons. The molecule has 0 radical (unpaired) electrons. The molecule has 1 aromatic heterocycles. The molecule has 27 heavy (non-hydrogen) atoms. The normalized spacial score (nSPS) is 20.2. The number of sulfonamides is 1. The first-order chi connectivity index (χ1) is 12.6. The number of carboxylic acid groups (broad SMARTS) is 1. The van der Waals surface area contributed by atoms with Crippen molar-refractivity contribution in [1.82, 2.24) is 14.6 Å². The number of amides is 1. The Kier molecular flexibility index (Phi) is 5.45. The fraction of sp³-hybridized carbons (Fsp3) is 0.375. The third kappa shape index (κ3) is 4.79. The molecule has 1 aliphatic heterocycles. The van der Waals surface area contributed by atoms with Crippen molar-refractivity contribution < 1.29 is 27.1 Å². The molecule has 0 spiro atoms. The van der Waals surface area contributed by atoms with Gasteiger partial charge in [-0.2, -0.15) is 0 Å². The third-order valence-electron chi connectivity index (χ3n) is 4.24. The first-order valence-corrected chi connectivity index (χ1v) is 10.8. The van der Waals surface area contributed by atoms with Gasteiger partial charge in [0.2, 0.25) is 10.0 Å². The van der Waals surface area contributed by atoms with E-state index in [4.69, 9.17) is 0 Å². The molecular formula is C16H17F2N3O4S2. The highest BCUT2D eigenvalue weighted by atomic mass is 32.2. The number of likely N-dealkylation sites (tertiary alicyclic amines) is 1. The van der Waals surface area contributed by atoms with Crippen LogP contribution < -0.4 is 4.72 Å². The van der Waals surface area contributed by atoms with Crippen molar-refractivity contribution in [3.63, 3.8) is 0 Å². The van der Waals surface area contributed by atoms with Crippen LogP contribution in [-0.2, 0) is 16.4 Å². The predicted molar refractivity (Wildman–Crippen MR) is 96.1 cm³/mol. The topological polar surface area (TPSA) is 99.6 Å². The molecule has 2 aromatic rings. The summed E-state index contributed by atoms with van der Waals surface area (Å²) >= 11 is 1.18. The van der Waals surface area contributed by atoms with Crippen LogP contribution in [0.15, 0.2) is 23.6 Å². The molecular weight excluding hydrogens is 400 g/mol. The molecule has 1 aliphatic rings. The van der Waals surface area contributed by atoms with Gasteiger partial charge in [-0.3, -0.25) is 0 Å². The summed E-state index contributed by atoms with van der Waals surface area (Å²) in [5.41, 5.74) is 0.814. The van der Waals surface area contributed by atoms with Crippen LogP contribution >= 0.6 is 11.3 Å². The van der Waals surface area contributed by atoms with Crippen molar-refractivity contribution in [1.29, 1.82) is 0 Å². The van der Waals surface area contributed by atoms with Crippen molar-refractivity contribution in [2.75, 3.05) is 12.8 Å². The van der Waals surface area contributed by atoms with Crippen LogP contribution in [0.5, 0.6) is 0 Å². The minimum Gasteiger partial charge on any atom is -0.465 e. The molecule has 1 amide bonds. The molecule has 1 saturated heterocycles. The Morgan fingerprint density at radius 3 is 2.63 bits per heavy atom. The summed E-state index contributed by atoms with van der Waals surface area (Å²) in [7, 11) is -3.50. The van der Waals surface area contributed by atoms with Crippen LogP contribution in [0.1, 0.15) is 12.1 Å². The second-order valence-electron chi connectivity index (χ2n) is 6.33. The molecule has 0 unspecified atom stereocenters. The van der Waals surface area contributed by atoms with Crippen molar-refractivity contribution in [3.8, 4) is 10.6 Å². The molecule has 2 atom stereocenters. The standard InChI is InChI=1S/C16H17F2N3O4S2/c1-27(24,25)20-13-2-3-21(16(22)23)14(13)7-12-8-26-15(19-12)9-4-10(17)6-11(18)5-9/h4-6,8,13-14,20H,2-3,7H2,1H3,(H,22,23)/t13-,14-/m0/s1. The SMILES string of the molecule is CS(=O)(=O)N[C@H]1CCN(C(=O)O)[C@H]1Cc1csc(-c2cc(F)cc(F)c2)n1. The molecule has 1 fully saturated rings. The van der Waals surface area contributed by atoms with E-state index in [2.05, 4.69) is 9.71 Å². The molecule has 3 rings (SSSR count). The third-order valence-corrected chi connectivity index (χ3v) is 5.91. The lowest BCUT2D eigenvalue weighted by Gasteiger charge is -2.25. The zero-order valence-electron chi connectivity index (χ0n) is 14.2. The zero-order valence-corrected chi connectivity index (χ0v) is 15.9. The number of hydrogen-bond donors (Lipinski definition) is 2. The number of aromatic nitrogens is 1. The Labute approximate surface area is 158 Å². The van der Waals surface area contributed by atoms with Gasteiger partial charge in [0.1, 0.15) is 16.6 Å². The van der Waals surface area contributed by atoms with Crippen LogP contribution in [0.25, 0.3) is 10.6 Å². The number of carbonyl (C=O) groups is 1. The second kappa shape index (κ2) is 7.49. The summed E-state index contributed by atoms with van der Waals surface area (Å²) < 4.78 is 52.4. The highest BCUT2D eigenvalue weighted by molar-refractivity contribution is 7.88. The van der Waals surface area contributed by atoms with Gasteiger partial charge in [-0.1, -0.05) is 0 Å². The van der Waals surface area contributed by atoms with Crippen molar-refractivity contribution in [2.24, 2.45) is 0 Å². The Hall–Kier alpha value is -2.11. The average Bonchev–Trinajstić information content (AvgIpc) is 3.13. The molecule has 11 heteroatoms. The Bertz CT molecular complexity index is 944. The zero-order chi connectivity index (χ0) is 19.8. The summed E-state index contributed by atoms with van der Waals surface area (Å²) in [6.07, 6.45) is 0.428. The van der Waals surface area contributed by atoms with E-state index in [-0.39, 0.29) is 18.5 Å². The minimum absolute atomic E-state index is 0.188. The lowest BCUT2D eigenvalue weighted by atomic mass is 10.1. The number of nitrogens with zero attached hydrogens (tertiary/aromatic N) is 2. The lowest BCUT2D eigenvalue weighted by molar-refractivity contribution is 0.137. The highest BCUT2D eigenvalue weighted by Gasteiger charge is 2.38. The van der Waals surface area contributed by atoms with Gasteiger partial charge in [-0.05, 0) is 18.6 Å². The van der Waals surface area contributed by atoms with E-state index < -0.39 is 39.8 Å². The van der Waals surface area contributed by atoms with Gasteiger partial charge in [0.05, 0.1) is 18.0 Å². The van der Waals surface area contributed by atoms with Crippen molar-refractivity contribution in [3.05, 3.63) is 40.9 Å². The maximum absolute atomic E-state index is 13.4. The maximum atomic E-state index is 13.4. The van der Waals surface area contributed by atoms with E-state index in [0.29, 0.717) is 17.1 Å². The number of nitrogens with one attached hydrogen (secondary N) is 1. The molecule has 0 bridgehead atoms. The Balaban J connectivity index is 1.83. The highest BCUT2D eigenvalue weighted by Crippen LogP contribution is 2.28. The van der Waals surface area contributed by atoms with Gasteiger partial charge >= 0.3 is 6.09 Å². The summed E-state index contributed by atoms with van der Waals surface area (Å²) in [6, 6.07) is 1.92. The largest absolute Gasteiger partial charge is 0.465 e. The van der Waals surface area contributed by atoms with Crippen molar-refractivity contribution in [2.45, 2.75) is 24.9 Å². The number of benzene rings is 1. The van der Waals surface area contributed by atoms with Gasteiger partial charge in [-0.15, -0.1) is 11.3 Å². The van der Waals surface area contributed by atoms with Crippen LogP contribution in [0.2, 0.25) is 0 Å². The fourth-order valence-corrected chi connectivity index (χ4v) is 4.83. The minimum atomic E-state index is -3.50. The van der Waals surface area contributed by atoms with E-state index in [0.717, 1.165) is 12.3 Å². The smallest absolute Gasteiger partial charge is 0.407 e. The van der Waals surface area contributed by atoms with E-state index in [1.54, 1.807) is 5.38 Å². The summed E-state index contributed by atoms with van der Waals surface area (Å²) in [6.45, 7) is 0.208. The average molecular weight is 417 g/mol. The maximum Gasteiger partial charge on any atom is 0.407 e. The predicted octanol–water partition coefficient (Wildman–Crippen LogP) is 2.30. The number of thiazole rings is 1. The van der Waals surface area contributed by atoms with Gasteiger partial charge in [0.25, 0.3) is 0 Å². The number of rotatable bonds is 5. The number of hydrogen-bond acceptors (Lipinski definition) is 5. The van der Waals surface area contributed by atoms with Crippen LogP contribution in [0.3, 0.4) is 0 Å². The Morgan fingerprint density at radius 1 is 1.37 bits per heavy atom. The summed E-state index contributed by atoms with van der Waals surface area (Å²) in [5, 5.41) is 11.4. The number of halogens is 2. The van der Waals surface area contributed by atoms with E-state index in [1.165, 1.54) is 28.4 Å².